The first-order valence-corrected chi connectivity index (χ1v) is 11.7. The minimum atomic E-state index is 0.0451. The summed E-state index contributed by atoms with van der Waals surface area (Å²) in [5.74, 6) is 1.45. The Bertz CT molecular complexity index is 899. The van der Waals surface area contributed by atoms with Gasteiger partial charge in [0, 0.05) is 26.1 Å². The van der Waals surface area contributed by atoms with E-state index in [1.807, 2.05) is 18.2 Å². The van der Waals surface area contributed by atoms with Gasteiger partial charge < -0.3 is 19.5 Å². The fourth-order valence-electron chi connectivity index (χ4n) is 4.14. The third-order valence-corrected chi connectivity index (χ3v) is 6.23. The number of aryl methyl sites for hydroxylation is 1. The number of methoxy groups -OCH3 is 2. The number of morpholine rings is 1. The summed E-state index contributed by atoms with van der Waals surface area (Å²) in [6.45, 7) is 10.2. The molecule has 1 unspecified atom stereocenters. The zero-order valence-electron chi connectivity index (χ0n) is 20.6. The van der Waals surface area contributed by atoms with Crippen LogP contribution in [0.15, 0.2) is 42.5 Å². The van der Waals surface area contributed by atoms with Crippen LogP contribution in [0.3, 0.4) is 0 Å². The molecular formula is C27H38N2O4. The molecule has 6 nitrogen and oxygen atoms in total. The summed E-state index contributed by atoms with van der Waals surface area (Å²) >= 11 is 0. The molecular weight excluding hydrogens is 416 g/mol. The molecule has 2 aromatic carbocycles. The monoisotopic (exact) mass is 454 g/mol. The highest BCUT2D eigenvalue weighted by atomic mass is 16.5. The molecule has 0 saturated carbocycles. The van der Waals surface area contributed by atoms with E-state index in [2.05, 4.69) is 55.3 Å². The molecule has 1 aliphatic rings. The number of nitrogens with one attached hydrogen (secondary N) is 1. The highest BCUT2D eigenvalue weighted by Crippen LogP contribution is 2.32. The van der Waals surface area contributed by atoms with E-state index in [0.717, 1.165) is 25.1 Å². The molecule has 3 rings (SSSR count). The number of nitrogens with zero attached hydrogens (tertiary/aromatic N) is 1. The molecule has 0 bridgehead atoms. The van der Waals surface area contributed by atoms with Gasteiger partial charge >= 0.3 is 0 Å². The van der Waals surface area contributed by atoms with Gasteiger partial charge in [-0.05, 0) is 40.7 Å². The van der Waals surface area contributed by atoms with Crippen molar-refractivity contribution in [3.8, 4) is 11.5 Å². The molecule has 33 heavy (non-hydrogen) atoms. The van der Waals surface area contributed by atoms with E-state index in [0.29, 0.717) is 37.7 Å². The van der Waals surface area contributed by atoms with Gasteiger partial charge in [0.2, 0.25) is 5.91 Å². The van der Waals surface area contributed by atoms with Crippen molar-refractivity contribution >= 4 is 5.91 Å². The van der Waals surface area contributed by atoms with Gasteiger partial charge in [0.25, 0.3) is 0 Å². The van der Waals surface area contributed by atoms with Gasteiger partial charge in [0.15, 0.2) is 11.5 Å². The molecule has 0 aliphatic carbocycles. The van der Waals surface area contributed by atoms with E-state index >= 15 is 0 Å². The van der Waals surface area contributed by atoms with Crippen molar-refractivity contribution in [2.45, 2.75) is 45.1 Å². The van der Waals surface area contributed by atoms with E-state index in [1.165, 1.54) is 11.1 Å². The van der Waals surface area contributed by atoms with Crippen molar-refractivity contribution in [3.05, 3.63) is 59.2 Å². The van der Waals surface area contributed by atoms with Crippen molar-refractivity contribution in [1.82, 2.24) is 10.2 Å². The molecule has 1 N–H and O–H groups in total. The van der Waals surface area contributed by atoms with Gasteiger partial charge in [-0.3, -0.25) is 9.69 Å². The van der Waals surface area contributed by atoms with E-state index in [4.69, 9.17) is 14.2 Å². The maximum Gasteiger partial charge on any atom is 0.220 e. The van der Waals surface area contributed by atoms with Crippen LogP contribution in [0.25, 0.3) is 0 Å². The maximum atomic E-state index is 12.7. The van der Waals surface area contributed by atoms with Gasteiger partial charge in [0.1, 0.15) is 0 Å². The molecule has 1 amide bonds. The van der Waals surface area contributed by atoms with Gasteiger partial charge in [-0.1, -0.05) is 51.1 Å². The number of rotatable bonds is 9. The molecule has 1 fully saturated rings. The number of carbonyl (C=O) groups is 1. The normalized spacial score (nSPS) is 15.7. The Morgan fingerprint density at radius 1 is 1.03 bits per heavy atom. The Balaban J connectivity index is 1.62. The zero-order chi connectivity index (χ0) is 23.8. The average Bonchev–Trinajstić information content (AvgIpc) is 2.83. The largest absolute Gasteiger partial charge is 0.493 e. The minimum absolute atomic E-state index is 0.0451. The van der Waals surface area contributed by atoms with Crippen molar-refractivity contribution in [2.75, 3.05) is 47.1 Å². The highest BCUT2D eigenvalue weighted by Gasteiger charge is 2.24. The molecule has 1 aliphatic heterocycles. The molecule has 6 heteroatoms. The number of ether oxygens (including phenoxy) is 3. The number of hydrogen-bond acceptors (Lipinski definition) is 5. The zero-order valence-corrected chi connectivity index (χ0v) is 20.6. The van der Waals surface area contributed by atoms with Gasteiger partial charge in [-0.2, -0.15) is 0 Å². The molecule has 0 spiro atoms. The van der Waals surface area contributed by atoms with E-state index < -0.39 is 0 Å². The second-order valence-electron chi connectivity index (χ2n) is 9.53. The molecule has 0 radical (unpaired) electrons. The topological polar surface area (TPSA) is 60.0 Å². The lowest BCUT2D eigenvalue weighted by atomic mass is 9.86. The number of amides is 1. The quantitative estimate of drug-likeness (QED) is 0.618. The van der Waals surface area contributed by atoms with Crippen molar-refractivity contribution in [1.29, 1.82) is 0 Å². The van der Waals surface area contributed by atoms with Crippen molar-refractivity contribution < 1.29 is 19.0 Å². The molecule has 1 heterocycles. The van der Waals surface area contributed by atoms with Gasteiger partial charge in [-0.25, -0.2) is 0 Å². The maximum absolute atomic E-state index is 12.7. The Kier molecular flexibility index (Phi) is 8.75. The Labute approximate surface area is 198 Å². The molecule has 180 valence electrons. The SMILES string of the molecule is COc1ccc(C(CNC(=O)CCc2ccc(C(C)(C)C)cc2)N2CCOCC2)cc1OC. The first-order valence-electron chi connectivity index (χ1n) is 11.7. The van der Waals surface area contributed by atoms with Crippen LogP contribution in [0.5, 0.6) is 11.5 Å². The van der Waals surface area contributed by atoms with Crippen LogP contribution in [0, 0.1) is 0 Å². The Morgan fingerprint density at radius 3 is 2.30 bits per heavy atom. The van der Waals surface area contributed by atoms with Crippen LogP contribution in [-0.2, 0) is 21.4 Å². The summed E-state index contributed by atoms with van der Waals surface area (Å²) in [5, 5.41) is 3.16. The van der Waals surface area contributed by atoms with Crippen LogP contribution >= 0.6 is 0 Å². The van der Waals surface area contributed by atoms with Crippen LogP contribution < -0.4 is 14.8 Å². The second kappa shape index (κ2) is 11.5. The first-order chi connectivity index (χ1) is 15.8. The Hall–Kier alpha value is -2.57. The molecule has 1 saturated heterocycles. The summed E-state index contributed by atoms with van der Waals surface area (Å²) in [6, 6.07) is 14.6. The van der Waals surface area contributed by atoms with Crippen molar-refractivity contribution in [3.63, 3.8) is 0 Å². The predicted octanol–water partition coefficient (Wildman–Crippen LogP) is 4.12. The summed E-state index contributed by atoms with van der Waals surface area (Å²) in [7, 11) is 3.27. The third kappa shape index (κ3) is 6.95. The van der Waals surface area contributed by atoms with Crippen LogP contribution in [0.1, 0.15) is 49.9 Å². The molecule has 2 aromatic rings. The summed E-state index contributed by atoms with van der Waals surface area (Å²) in [4.78, 5) is 15.0. The average molecular weight is 455 g/mol. The van der Waals surface area contributed by atoms with E-state index in [1.54, 1.807) is 14.2 Å². The number of benzene rings is 2. The summed E-state index contributed by atoms with van der Waals surface area (Å²) in [5.41, 5.74) is 3.71. The van der Waals surface area contributed by atoms with Crippen LogP contribution in [0.4, 0.5) is 0 Å². The number of carbonyl (C=O) groups excluding carboxylic acids is 1. The fourth-order valence-corrected chi connectivity index (χ4v) is 4.14. The van der Waals surface area contributed by atoms with Crippen LogP contribution in [0.2, 0.25) is 0 Å². The second-order valence-corrected chi connectivity index (χ2v) is 9.53. The van der Waals surface area contributed by atoms with Gasteiger partial charge in [-0.15, -0.1) is 0 Å². The lowest BCUT2D eigenvalue weighted by Gasteiger charge is -2.35. The lowest BCUT2D eigenvalue weighted by Crippen LogP contribution is -2.43. The molecule has 0 aromatic heterocycles. The highest BCUT2D eigenvalue weighted by molar-refractivity contribution is 5.76. The summed E-state index contributed by atoms with van der Waals surface area (Å²) < 4.78 is 16.4. The van der Waals surface area contributed by atoms with E-state index in [-0.39, 0.29) is 17.4 Å². The smallest absolute Gasteiger partial charge is 0.220 e. The third-order valence-electron chi connectivity index (χ3n) is 6.23. The Morgan fingerprint density at radius 2 is 1.70 bits per heavy atom. The molecule has 1 atom stereocenters. The standard InChI is InChI=1S/C27H38N2O4/c1-27(2,3)22-10-6-20(7-11-22)8-13-26(30)28-19-23(29-14-16-33-17-15-29)21-9-12-24(31-4)25(18-21)32-5/h6-7,9-12,18,23H,8,13-17,19H2,1-5H3,(H,28,30). The van der Waals surface area contributed by atoms with E-state index in [9.17, 15) is 4.79 Å². The summed E-state index contributed by atoms with van der Waals surface area (Å²) in [6.07, 6.45) is 1.20. The van der Waals surface area contributed by atoms with Crippen molar-refractivity contribution in [2.24, 2.45) is 0 Å². The minimum Gasteiger partial charge on any atom is -0.493 e. The predicted molar refractivity (Wildman–Crippen MR) is 131 cm³/mol. The first kappa shape index (κ1) is 25.1. The fraction of sp³-hybridized carbons (Fsp3) is 0.519. The van der Waals surface area contributed by atoms with Crippen LogP contribution in [-0.4, -0.2) is 57.9 Å². The lowest BCUT2D eigenvalue weighted by molar-refractivity contribution is -0.121. The van der Waals surface area contributed by atoms with Gasteiger partial charge in [0.05, 0.1) is 33.5 Å². The number of hydrogen-bond donors (Lipinski definition) is 1.